The third kappa shape index (κ3) is 3.75. The van der Waals surface area contributed by atoms with Crippen LogP contribution in [0.1, 0.15) is 48.5 Å². The number of amides is 1. The van der Waals surface area contributed by atoms with Gasteiger partial charge < -0.3 is 15.5 Å². The Labute approximate surface area is 109 Å². The summed E-state index contributed by atoms with van der Waals surface area (Å²) in [4.78, 5) is 26.3. The molecule has 0 aromatic carbocycles. The maximum Gasteiger partial charge on any atom is 0.306 e. The molecule has 19 heavy (non-hydrogen) atoms. The van der Waals surface area contributed by atoms with Crippen molar-refractivity contribution in [1.29, 1.82) is 0 Å². The molecule has 1 atom stereocenters. The highest BCUT2D eigenvalue weighted by molar-refractivity contribution is 5.90. The van der Waals surface area contributed by atoms with E-state index >= 15 is 0 Å². The van der Waals surface area contributed by atoms with Gasteiger partial charge in [0.05, 0.1) is 12.0 Å². The summed E-state index contributed by atoms with van der Waals surface area (Å²) in [6, 6.07) is 0. The summed E-state index contributed by atoms with van der Waals surface area (Å²) in [5.41, 5.74) is -1.50. The highest BCUT2D eigenvalue weighted by Gasteiger charge is 2.29. The molecule has 0 saturated heterocycles. The number of aliphatic carboxylic acids is 1. The van der Waals surface area contributed by atoms with Gasteiger partial charge in [0, 0.05) is 12.5 Å². The zero-order valence-corrected chi connectivity index (χ0v) is 10.5. The van der Waals surface area contributed by atoms with Crippen LogP contribution in [0.15, 0.2) is 0 Å². The highest BCUT2D eigenvalue weighted by Crippen LogP contribution is 2.37. The van der Waals surface area contributed by atoms with Crippen molar-refractivity contribution in [2.45, 2.75) is 37.7 Å². The highest BCUT2D eigenvalue weighted by atomic mass is 16.4. The Hall–Kier alpha value is -1.96. The first-order valence-corrected chi connectivity index (χ1v) is 6.02. The number of hydrogen-bond donors (Lipinski definition) is 4. The van der Waals surface area contributed by atoms with Crippen LogP contribution in [0.4, 0.5) is 0 Å². The predicted molar refractivity (Wildman–Crippen MR) is 63.6 cm³/mol. The van der Waals surface area contributed by atoms with Gasteiger partial charge in [0.25, 0.3) is 5.91 Å². The molecule has 1 saturated carbocycles. The molecule has 8 nitrogen and oxygen atoms in total. The number of rotatable bonds is 6. The minimum absolute atomic E-state index is 0.00743. The lowest BCUT2D eigenvalue weighted by molar-refractivity contribution is -0.141. The van der Waals surface area contributed by atoms with Crippen molar-refractivity contribution in [3.8, 4) is 0 Å². The minimum Gasteiger partial charge on any atom is -0.481 e. The van der Waals surface area contributed by atoms with Gasteiger partial charge in [0.15, 0.2) is 0 Å². The maximum absolute atomic E-state index is 11.7. The molecular formula is C11H16N4O4. The Morgan fingerprint density at radius 1 is 1.53 bits per heavy atom. The van der Waals surface area contributed by atoms with Crippen LogP contribution in [-0.2, 0) is 4.79 Å². The number of hydrogen-bond acceptors (Lipinski definition) is 5. The second-order valence-electron chi connectivity index (χ2n) is 5.07. The van der Waals surface area contributed by atoms with Gasteiger partial charge in [0.1, 0.15) is 5.82 Å². The van der Waals surface area contributed by atoms with Crippen LogP contribution >= 0.6 is 0 Å². The number of carbonyl (C=O) groups is 2. The van der Waals surface area contributed by atoms with Crippen molar-refractivity contribution in [2.75, 3.05) is 6.54 Å². The van der Waals surface area contributed by atoms with Gasteiger partial charge in [-0.25, -0.2) is 4.98 Å². The lowest BCUT2D eigenvalue weighted by atomic mass is 10.0. The van der Waals surface area contributed by atoms with Crippen LogP contribution in [0.5, 0.6) is 0 Å². The first-order valence-electron chi connectivity index (χ1n) is 6.02. The van der Waals surface area contributed by atoms with Gasteiger partial charge in [-0.2, -0.15) is 0 Å². The normalized spacial score (nSPS) is 17.8. The van der Waals surface area contributed by atoms with E-state index in [-0.39, 0.29) is 12.4 Å². The molecule has 2 rings (SSSR count). The third-order valence-electron chi connectivity index (χ3n) is 2.83. The number of H-pyrrole nitrogens is 1. The van der Waals surface area contributed by atoms with E-state index in [0.29, 0.717) is 11.7 Å². The van der Waals surface area contributed by atoms with Crippen molar-refractivity contribution >= 4 is 11.9 Å². The number of aromatic nitrogens is 3. The number of aromatic amines is 1. The monoisotopic (exact) mass is 268 g/mol. The van der Waals surface area contributed by atoms with Crippen LogP contribution < -0.4 is 5.32 Å². The van der Waals surface area contributed by atoms with Crippen molar-refractivity contribution in [3.63, 3.8) is 0 Å². The van der Waals surface area contributed by atoms with E-state index in [2.05, 4.69) is 20.5 Å². The molecule has 1 aliphatic carbocycles. The van der Waals surface area contributed by atoms with Crippen molar-refractivity contribution in [3.05, 3.63) is 11.6 Å². The fourth-order valence-corrected chi connectivity index (χ4v) is 1.65. The summed E-state index contributed by atoms with van der Waals surface area (Å²) in [7, 11) is 0. The molecule has 1 aliphatic rings. The maximum atomic E-state index is 11.7. The standard InChI is InChI=1S/C11H16N4O4/c1-11(19,4-7(16)17)5-12-10(18)9-13-8(14-15-9)6-2-3-6/h6,19H,2-5H2,1H3,(H,12,18)(H,16,17)(H,13,14,15). The van der Waals surface area contributed by atoms with E-state index in [4.69, 9.17) is 5.11 Å². The van der Waals surface area contributed by atoms with Crippen LogP contribution in [0, 0.1) is 0 Å². The van der Waals surface area contributed by atoms with Gasteiger partial charge in [-0.1, -0.05) is 0 Å². The summed E-state index contributed by atoms with van der Waals surface area (Å²) >= 11 is 0. The Kier molecular flexibility index (Phi) is 3.52. The van der Waals surface area contributed by atoms with Crippen LogP contribution in [0.2, 0.25) is 0 Å². The Morgan fingerprint density at radius 2 is 2.21 bits per heavy atom. The average Bonchev–Trinajstić information content (AvgIpc) is 3.03. The Balaban J connectivity index is 1.87. The van der Waals surface area contributed by atoms with Gasteiger partial charge >= 0.3 is 5.97 Å². The molecular weight excluding hydrogens is 252 g/mol. The minimum atomic E-state index is -1.50. The zero-order valence-electron chi connectivity index (χ0n) is 10.5. The summed E-state index contributed by atoms with van der Waals surface area (Å²) in [5.74, 6) is -0.596. The molecule has 4 N–H and O–H groups in total. The predicted octanol–water partition coefficient (Wildman–Crippen LogP) is -0.362. The molecule has 8 heteroatoms. The number of carbonyl (C=O) groups excluding carboxylic acids is 1. The largest absolute Gasteiger partial charge is 0.481 e. The molecule has 0 radical (unpaired) electrons. The lowest BCUT2D eigenvalue weighted by Crippen LogP contribution is -2.42. The number of carboxylic acids is 1. The molecule has 1 unspecified atom stereocenters. The van der Waals surface area contributed by atoms with Crippen LogP contribution in [0.3, 0.4) is 0 Å². The quantitative estimate of drug-likeness (QED) is 0.557. The molecule has 1 heterocycles. The van der Waals surface area contributed by atoms with E-state index < -0.39 is 23.9 Å². The molecule has 0 bridgehead atoms. The summed E-state index contributed by atoms with van der Waals surface area (Å²) in [5, 5.41) is 27.3. The van der Waals surface area contributed by atoms with Gasteiger partial charge in [-0.05, 0) is 19.8 Å². The summed E-state index contributed by atoms with van der Waals surface area (Å²) in [6.07, 6.45) is 1.64. The first kappa shape index (κ1) is 13.5. The van der Waals surface area contributed by atoms with E-state index in [1.54, 1.807) is 0 Å². The van der Waals surface area contributed by atoms with E-state index in [1.807, 2.05) is 0 Å². The van der Waals surface area contributed by atoms with Crippen molar-refractivity contribution in [2.24, 2.45) is 0 Å². The molecule has 1 aromatic heterocycles. The molecule has 1 fully saturated rings. The lowest BCUT2D eigenvalue weighted by Gasteiger charge is -2.20. The number of aliphatic hydroxyl groups is 1. The zero-order chi connectivity index (χ0) is 14.0. The average molecular weight is 268 g/mol. The van der Waals surface area contributed by atoms with Crippen LogP contribution in [-0.4, -0.2) is 49.4 Å². The fourth-order valence-electron chi connectivity index (χ4n) is 1.65. The first-order chi connectivity index (χ1) is 8.87. The van der Waals surface area contributed by atoms with E-state index in [9.17, 15) is 14.7 Å². The third-order valence-corrected chi connectivity index (χ3v) is 2.83. The number of nitrogens with one attached hydrogen (secondary N) is 2. The Morgan fingerprint density at radius 3 is 2.79 bits per heavy atom. The summed E-state index contributed by atoms with van der Waals surface area (Å²) < 4.78 is 0. The summed E-state index contributed by atoms with van der Waals surface area (Å²) in [6.45, 7) is 1.17. The van der Waals surface area contributed by atoms with Crippen molar-refractivity contribution in [1.82, 2.24) is 20.5 Å². The SMILES string of the molecule is CC(O)(CNC(=O)c1n[nH]c(C2CC2)n1)CC(=O)O. The van der Waals surface area contributed by atoms with Gasteiger partial charge in [-0.15, -0.1) is 5.10 Å². The van der Waals surface area contributed by atoms with Crippen molar-refractivity contribution < 1.29 is 19.8 Å². The molecule has 0 aliphatic heterocycles. The molecule has 0 spiro atoms. The smallest absolute Gasteiger partial charge is 0.306 e. The van der Waals surface area contributed by atoms with Gasteiger partial charge in [-0.3, -0.25) is 14.7 Å². The van der Waals surface area contributed by atoms with E-state index in [1.165, 1.54) is 6.92 Å². The second-order valence-corrected chi connectivity index (χ2v) is 5.07. The molecule has 104 valence electrons. The molecule has 1 aromatic rings. The van der Waals surface area contributed by atoms with Gasteiger partial charge in [0.2, 0.25) is 5.82 Å². The van der Waals surface area contributed by atoms with E-state index in [0.717, 1.165) is 12.8 Å². The molecule has 1 amide bonds. The number of nitrogens with zero attached hydrogens (tertiary/aromatic N) is 2. The second kappa shape index (κ2) is 4.96. The fraction of sp³-hybridized carbons (Fsp3) is 0.636. The number of carboxylic acid groups (broad SMARTS) is 1. The Bertz CT molecular complexity index is 493. The van der Waals surface area contributed by atoms with Crippen LogP contribution in [0.25, 0.3) is 0 Å². The topological polar surface area (TPSA) is 128 Å².